The monoisotopic (exact) mass is 316 g/mol. The van der Waals surface area contributed by atoms with E-state index in [-0.39, 0.29) is 5.41 Å². The summed E-state index contributed by atoms with van der Waals surface area (Å²) < 4.78 is 7.16. The van der Waals surface area contributed by atoms with Crippen molar-refractivity contribution in [3.05, 3.63) is 45.9 Å². The van der Waals surface area contributed by atoms with Crippen LogP contribution in [0.1, 0.15) is 31.9 Å². The summed E-state index contributed by atoms with van der Waals surface area (Å²) in [6.07, 6.45) is 0. The molecular weight excluding hydrogens is 300 g/mol. The molecule has 3 rings (SSSR count). The van der Waals surface area contributed by atoms with Crippen LogP contribution in [0.5, 0.6) is 0 Å². The van der Waals surface area contributed by atoms with E-state index in [1.807, 2.05) is 0 Å². The first-order valence-electron chi connectivity index (χ1n) is 6.50. The van der Waals surface area contributed by atoms with Gasteiger partial charge in [0.25, 0.3) is 0 Å². The minimum absolute atomic E-state index is 0.142. The Labute approximate surface area is 121 Å². The molecule has 0 N–H and O–H groups in total. The van der Waals surface area contributed by atoms with Gasteiger partial charge >= 0.3 is 0 Å². The number of aryl methyl sites for hydroxylation is 1. The van der Waals surface area contributed by atoms with Crippen molar-refractivity contribution in [1.29, 1.82) is 0 Å². The molecule has 0 aliphatic carbocycles. The van der Waals surface area contributed by atoms with Gasteiger partial charge in [-0.25, -0.2) is 0 Å². The summed E-state index contributed by atoms with van der Waals surface area (Å²) in [5.74, 6) is 0. The molecule has 2 heteroatoms. The lowest BCUT2D eigenvalue weighted by molar-refractivity contribution is 0.587. The topological polar surface area (TPSA) is 13.1 Å². The standard InChI is InChI=1S/C17H17BrO/c1-10-14(18)8-7-13-12-6-5-11(17(2,3)4)9-15(12)19-16(10)13/h5-9H,1-4H3. The normalized spacial score (nSPS) is 12.5. The number of fused-ring (bicyclic) bond motifs is 3. The minimum atomic E-state index is 0.142. The molecule has 98 valence electrons. The van der Waals surface area contributed by atoms with Crippen LogP contribution in [0.3, 0.4) is 0 Å². The van der Waals surface area contributed by atoms with E-state index >= 15 is 0 Å². The van der Waals surface area contributed by atoms with Crippen LogP contribution in [0.25, 0.3) is 21.9 Å². The fourth-order valence-corrected chi connectivity index (χ4v) is 2.73. The van der Waals surface area contributed by atoms with Gasteiger partial charge in [0.15, 0.2) is 0 Å². The first-order valence-corrected chi connectivity index (χ1v) is 7.29. The number of benzene rings is 2. The second-order valence-electron chi connectivity index (χ2n) is 6.11. The first kappa shape index (κ1) is 12.7. The highest BCUT2D eigenvalue weighted by Gasteiger charge is 2.17. The van der Waals surface area contributed by atoms with Crippen molar-refractivity contribution in [3.63, 3.8) is 0 Å². The molecule has 3 aromatic rings. The summed E-state index contributed by atoms with van der Waals surface area (Å²) in [6.45, 7) is 8.75. The molecule has 1 heterocycles. The smallest absolute Gasteiger partial charge is 0.139 e. The molecule has 19 heavy (non-hydrogen) atoms. The molecule has 0 unspecified atom stereocenters. The number of hydrogen-bond acceptors (Lipinski definition) is 1. The summed E-state index contributed by atoms with van der Waals surface area (Å²) in [7, 11) is 0. The van der Waals surface area contributed by atoms with Gasteiger partial charge in [0, 0.05) is 20.8 Å². The summed E-state index contributed by atoms with van der Waals surface area (Å²) in [5, 5.41) is 2.38. The first-order chi connectivity index (χ1) is 8.88. The van der Waals surface area contributed by atoms with Gasteiger partial charge < -0.3 is 4.42 Å². The third kappa shape index (κ3) is 1.99. The van der Waals surface area contributed by atoms with Crippen LogP contribution >= 0.6 is 15.9 Å². The van der Waals surface area contributed by atoms with Crippen molar-refractivity contribution in [3.8, 4) is 0 Å². The average molecular weight is 317 g/mol. The molecule has 0 radical (unpaired) electrons. The lowest BCUT2D eigenvalue weighted by Crippen LogP contribution is -2.10. The van der Waals surface area contributed by atoms with E-state index in [1.54, 1.807) is 0 Å². The molecule has 1 nitrogen and oxygen atoms in total. The van der Waals surface area contributed by atoms with Gasteiger partial charge in [-0.15, -0.1) is 0 Å². The van der Waals surface area contributed by atoms with Crippen LogP contribution < -0.4 is 0 Å². The maximum absolute atomic E-state index is 6.07. The molecule has 0 fully saturated rings. The van der Waals surface area contributed by atoms with E-state index in [1.165, 1.54) is 16.3 Å². The molecule has 0 saturated carbocycles. The zero-order chi connectivity index (χ0) is 13.8. The van der Waals surface area contributed by atoms with E-state index in [9.17, 15) is 0 Å². The number of furan rings is 1. The van der Waals surface area contributed by atoms with Crippen LogP contribution in [0.2, 0.25) is 0 Å². The van der Waals surface area contributed by atoms with Crippen molar-refractivity contribution in [1.82, 2.24) is 0 Å². The SMILES string of the molecule is Cc1c(Br)ccc2c1oc1cc(C(C)(C)C)ccc12. The molecule has 0 amide bonds. The third-order valence-electron chi connectivity index (χ3n) is 3.69. The summed E-state index contributed by atoms with van der Waals surface area (Å²) >= 11 is 3.56. The molecule has 1 aromatic heterocycles. The number of rotatable bonds is 0. The van der Waals surface area contributed by atoms with Crippen LogP contribution in [0.4, 0.5) is 0 Å². The molecule has 0 saturated heterocycles. The summed E-state index contributed by atoms with van der Waals surface area (Å²) in [6, 6.07) is 10.8. The van der Waals surface area contributed by atoms with Gasteiger partial charge in [0.1, 0.15) is 11.2 Å². The predicted molar refractivity (Wildman–Crippen MR) is 84.9 cm³/mol. The maximum atomic E-state index is 6.07. The molecule has 0 spiro atoms. The Bertz CT molecular complexity index is 775. The van der Waals surface area contributed by atoms with E-state index in [4.69, 9.17) is 4.42 Å². The second-order valence-corrected chi connectivity index (χ2v) is 6.97. The highest BCUT2D eigenvalue weighted by molar-refractivity contribution is 9.10. The molecule has 0 atom stereocenters. The summed E-state index contributed by atoms with van der Waals surface area (Å²) in [5.41, 5.74) is 4.56. The van der Waals surface area contributed by atoms with Gasteiger partial charge in [0.05, 0.1) is 0 Å². The van der Waals surface area contributed by atoms with Crippen molar-refractivity contribution in [2.45, 2.75) is 33.1 Å². The zero-order valence-electron chi connectivity index (χ0n) is 11.7. The number of halogens is 1. The third-order valence-corrected chi connectivity index (χ3v) is 4.55. The van der Waals surface area contributed by atoms with E-state index in [0.717, 1.165) is 21.2 Å². The van der Waals surface area contributed by atoms with Gasteiger partial charge in [-0.1, -0.05) is 48.8 Å². The Hall–Kier alpha value is -1.28. The molecular formula is C17H17BrO. The minimum Gasteiger partial charge on any atom is -0.456 e. The van der Waals surface area contributed by atoms with Crippen LogP contribution in [0.15, 0.2) is 39.2 Å². The Morgan fingerprint density at radius 2 is 1.68 bits per heavy atom. The molecule has 0 bridgehead atoms. The van der Waals surface area contributed by atoms with E-state index < -0.39 is 0 Å². The van der Waals surface area contributed by atoms with Crippen molar-refractivity contribution in [2.75, 3.05) is 0 Å². The predicted octanol–water partition coefficient (Wildman–Crippen LogP) is 5.95. The average Bonchev–Trinajstić information content (AvgIpc) is 2.71. The molecule has 0 aliphatic rings. The Morgan fingerprint density at radius 1 is 1.00 bits per heavy atom. The lowest BCUT2D eigenvalue weighted by Gasteiger charge is -2.18. The van der Waals surface area contributed by atoms with Crippen molar-refractivity contribution < 1.29 is 4.42 Å². The van der Waals surface area contributed by atoms with E-state index in [2.05, 4.69) is 74.0 Å². The Balaban J connectivity index is 2.37. The van der Waals surface area contributed by atoms with Gasteiger partial charge in [-0.05, 0) is 36.1 Å². The Kier molecular flexibility index (Phi) is 2.75. The molecule has 2 aromatic carbocycles. The summed E-state index contributed by atoms with van der Waals surface area (Å²) in [4.78, 5) is 0. The van der Waals surface area contributed by atoms with Crippen LogP contribution in [-0.4, -0.2) is 0 Å². The number of hydrogen-bond donors (Lipinski definition) is 0. The quantitative estimate of drug-likeness (QED) is 0.499. The largest absolute Gasteiger partial charge is 0.456 e. The van der Waals surface area contributed by atoms with Crippen LogP contribution in [-0.2, 0) is 5.41 Å². The lowest BCUT2D eigenvalue weighted by atomic mass is 9.87. The fraction of sp³-hybridized carbons (Fsp3) is 0.294. The van der Waals surface area contributed by atoms with Gasteiger partial charge in [-0.2, -0.15) is 0 Å². The highest BCUT2D eigenvalue weighted by Crippen LogP contribution is 2.35. The Morgan fingerprint density at radius 3 is 2.37 bits per heavy atom. The van der Waals surface area contributed by atoms with Crippen molar-refractivity contribution in [2.24, 2.45) is 0 Å². The van der Waals surface area contributed by atoms with Gasteiger partial charge in [0.2, 0.25) is 0 Å². The van der Waals surface area contributed by atoms with Gasteiger partial charge in [-0.3, -0.25) is 0 Å². The van der Waals surface area contributed by atoms with Crippen LogP contribution in [0, 0.1) is 6.92 Å². The maximum Gasteiger partial charge on any atom is 0.139 e. The molecule has 0 aliphatic heterocycles. The van der Waals surface area contributed by atoms with E-state index in [0.29, 0.717) is 0 Å². The second kappa shape index (κ2) is 4.11. The van der Waals surface area contributed by atoms with Crippen molar-refractivity contribution >= 4 is 37.9 Å². The zero-order valence-corrected chi connectivity index (χ0v) is 13.3. The fourth-order valence-electron chi connectivity index (χ4n) is 2.42. The highest BCUT2D eigenvalue weighted by atomic mass is 79.9.